The molecule has 25 heavy (non-hydrogen) atoms. The Balaban J connectivity index is 1.62. The fraction of sp³-hybridized carbons (Fsp3) is 0.421. The number of anilines is 1. The van der Waals surface area contributed by atoms with E-state index in [9.17, 15) is 0 Å². The molecule has 1 saturated heterocycles. The average Bonchev–Trinajstić information content (AvgIpc) is 2.63. The Morgan fingerprint density at radius 3 is 2.80 bits per heavy atom. The van der Waals surface area contributed by atoms with E-state index < -0.39 is 0 Å². The van der Waals surface area contributed by atoms with Gasteiger partial charge in [-0.25, -0.2) is 4.98 Å². The Labute approximate surface area is 147 Å². The molecule has 0 spiro atoms. The van der Waals surface area contributed by atoms with E-state index in [4.69, 9.17) is 10.7 Å². The number of rotatable bonds is 4. The molecule has 0 radical (unpaired) electrons. The fourth-order valence-corrected chi connectivity index (χ4v) is 3.17. The summed E-state index contributed by atoms with van der Waals surface area (Å²) in [6, 6.07) is 6.73. The standard InChI is InChI=1S/C19H24N6/c20-11-14(12-22-15-2-1-3-15)19-13-23-17-5-4-16(10-18(17)24-19)25-8-6-21-7-9-25/h4-5,10-13,15,21H,1-3,6-9,20H2. The number of fused-ring (bicyclic) bond motifs is 1. The summed E-state index contributed by atoms with van der Waals surface area (Å²) >= 11 is 0. The van der Waals surface area contributed by atoms with E-state index in [1.807, 2.05) is 12.3 Å². The second-order valence-corrected chi connectivity index (χ2v) is 6.65. The van der Waals surface area contributed by atoms with Crippen LogP contribution in [0.2, 0.25) is 0 Å². The molecule has 6 heteroatoms. The van der Waals surface area contributed by atoms with Gasteiger partial charge in [-0.15, -0.1) is 0 Å². The minimum atomic E-state index is 0.447. The Morgan fingerprint density at radius 2 is 2.08 bits per heavy atom. The summed E-state index contributed by atoms with van der Waals surface area (Å²) in [6.07, 6.45) is 8.81. The van der Waals surface area contributed by atoms with Crippen LogP contribution < -0.4 is 16.0 Å². The van der Waals surface area contributed by atoms with Crippen molar-refractivity contribution in [2.75, 3.05) is 31.1 Å². The van der Waals surface area contributed by atoms with Gasteiger partial charge in [-0.3, -0.25) is 9.98 Å². The van der Waals surface area contributed by atoms with Crippen molar-refractivity contribution < 1.29 is 0 Å². The van der Waals surface area contributed by atoms with Crippen LogP contribution in [0.25, 0.3) is 16.6 Å². The molecule has 4 rings (SSSR count). The third kappa shape index (κ3) is 3.49. The van der Waals surface area contributed by atoms with E-state index in [1.54, 1.807) is 12.4 Å². The molecule has 1 aliphatic carbocycles. The molecule has 0 amide bonds. The number of nitrogens with zero attached hydrogens (tertiary/aromatic N) is 4. The smallest absolute Gasteiger partial charge is 0.0922 e. The number of hydrogen-bond donors (Lipinski definition) is 2. The van der Waals surface area contributed by atoms with E-state index >= 15 is 0 Å². The minimum absolute atomic E-state index is 0.447. The van der Waals surface area contributed by atoms with Gasteiger partial charge in [0.15, 0.2) is 0 Å². The predicted molar refractivity (Wildman–Crippen MR) is 103 cm³/mol. The maximum Gasteiger partial charge on any atom is 0.0922 e. The number of nitrogens with two attached hydrogens (primary N) is 1. The summed E-state index contributed by atoms with van der Waals surface area (Å²) in [7, 11) is 0. The Hall–Kier alpha value is -2.47. The van der Waals surface area contributed by atoms with Crippen LogP contribution in [-0.4, -0.2) is 48.4 Å². The SMILES string of the molecule is NC=C(C=NC1CCC1)c1cnc2ccc(N3CCNCC3)cc2n1. The van der Waals surface area contributed by atoms with E-state index in [-0.39, 0.29) is 0 Å². The minimum Gasteiger partial charge on any atom is -0.404 e. The monoisotopic (exact) mass is 336 g/mol. The van der Waals surface area contributed by atoms with Gasteiger partial charge in [0, 0.05) is 55.9 Å². The lowest BCUT2D eigenvalue weighted by molar-refractivity contribution is 0.421. The van der Waals surface area contributed by atoms with E-state index in [2.05, 4.69) is 32.3 Å². The third-order valence-electron chi connectivity index (χ3n) is 4.98. The van der Waals surface area contributed by atoms with Crippen LogP contribution in [0.15, 0.2) is 35.6 Å². The van der Waals surface area contributed by atoms with Gasteiger partial charge >= 0.3 is 0 Å². The normalized spacial score (nSPS) is 19.5. The molecule has 0 atom stereocenters. The predicted octanol–water partition coefficient (Wildman–Crippen LogP) is 1.96. The zero-order valence-electron chi connectivity index (χ0n) is 14.4. The number of allylic oxidation sites excluding steroid dienone is 1. The highest BCUT2D eigenvalue weighted by atomic mass is 15.2. The number of hydrogen-bond acceptors (Lipinski definition) is 6. The highest BCUT2D eigenvalue weighted by Gasteiger charge is 2.15. The molecule has 2 aliphatic rings. The van der Waals surface area contributed by atoms with Crippen molar-refractivity contribution in [2.24, 2.45) is 10.7 Å². The summed E-state index contributed by atoms with van der Waals surface area (Å²) in [5, 5.41) is 3.38. The van der Waals surface area contributed by atoms with E-state index in [0.29, 0.717) is 6.04 Å². The van der Waals surface area contributed by atoms with Crippen LogP contribution >= 0.6 is 0 Å². The molecular weight excluding hydrogens is 312 g/mol. The van der Waals surface area contributed by atoms with Gasteiger partial charge in [0.05, 0.1) is 22.9 Å². The van der Waals surface area contributed by atoms with Crippen LogP contribution in [0.5, 0.6) is 0 Å². The summed E-state index contributed by atoms with van der Waals surface area (Å²) in [5.41, 5.74) is 10.4. The topological polar surface area (TPSA) is 79.4 Å². The lowest BCUT2D eigenvalue weighted by atomic mass is 9.94. The third-order valence-corrected chi connectivity index (χ3v) is 4.98. The van der Waals surface area contributed by atoms with Crippen molar-refractivity contribution in [3.63, 3.8) is 0 Å². The van der Waals surface area contributed by atoms with Crippen LogP contribution in [0.1, 0.15) is 25.0 Å². The molecule has 1 saturated carbocycles. The van der Waals surface area contributed by atoms with E-state index in [0.717, 1.165) is 48.5 Å². The number of aromatic nitrogens is 2. The molecular formula is C19H24N6. The zero-order valence-corrected chi connectivity index (χ0v) is 14.4. The van der Waals surface area contributed by atoms with Gasteiger partial charge in [0.25, 0.3) is 0 Å². The first-order valence-corrected chi connectivity index (χ1v) is 9.01. The Kier molecular flexibility index (Phi) is 4.61. The van der Waals surface area contributed by atoms with Crippen LogP contribution in [-0.2, 0) is 0 Å². The molecule has 130 valence electrons. The highest BCUT2D eigenvalue weighted by Crippen LogP contribution is 2.23. The molecule has 1 aromatic carbocycles. The molecule has 6 nitrogen and oxygen atoms in total. The molecule has 1 aliphatic heterocycles. The Bertz CT molecular complexity index is 803. The summed E-state index contributed by atoms with van der Waals surface area (Å²) < 4.78 is 0. The number of nitrogens with one attached hydrogen (secondary N) is 1. The van der Waals surface area contributed by atoms with Gasteiger partial charge in [-0.2, -0.15) is 0 Å². The van der Waals surface area contributed by atoms with Crippen LogP contribution in [0, 0.1) is 0 Å². The number of aliphatic imine (C=N–C) groups is 1. The Morgan fingerprint density at radius 1 is 1.24 bits per heavy atom. The maximum absolute atomic E-state index is 5.81. The molecule has 2 heterocycles. The largest absolute Gasteiger partial charge is 0.404 e. The zero-order chi connectivity index (χ0) is 17.1. The fourth-order valence-electron chi connectivity index (χ4n) is 3.17. The number of benzene rings is 1. The second-order valence-electron chi connectivity index (χ2n) is 6.65. The van der Waals surface area contributed by atoms with Crippen molar-refractivity contribution in [1.82, 2.24) is 15.3 Å². The van der Waals surface area contributed by atoms with Gasteiger partial charge in [0.1, 0.15) is 0 Å². The highest BCUT2D eigenvalue weighted by molar-refractivity contribution is 6.09. The molecule has 0 unspecified atom stereocenters. The molecule has 2 fully saturated rings. The van der Waals surface area contributed by atoms with Gasteiger partial charge in [-0.1, -0.05) is 0 Å². The summed E-state index contributed by atoms with van der Waals surface area (Å²) in [6.45, 7) is 4.06. The van der Waals surface area contributed by atoms with Crippen molar-refractivity contribution >= 4 is 28.5 Å². The van der Waals surface area contributed by atoms with Gasteiger partial charge < -0.3 is 16.0 Å². The summed E-state index contributed by atoms with van der Waals surface area (Å²) in [5.74, 6) is 0. The molecule has 2 aromatic rings. The van der Waals surface area contributed by atoms with E-state index in [1.165, 1.54) is 24.9 Å². The lowest BCUT2D eigenvalue weighted by Crippen LogP contribution is -2.43. The lowest BCUT2D eigenvalue weighted by Gasteiger charge is -2.29. The average molecular weight is 336 g/mol. The number of piperazine rings is 1. The second kappa shape index (κ2) is 7.19. The first-order valence-electron chi connectivity index (χ1n) is 9.01. The van der Waals surface area contributed by atoms with Crippen LogP contribution in [0.3, 0.4) is 0 Å². The maximum atomic E-state index is 5.81. The van der Waals surface area contributed by atoms with Gasteiger partial charge in [0.2, 0.25) is 0 Å². The molecule has 3 N–H and O–H groups in total. The molecule has 0 bridgehead atoms. The van der Waals surface area contributed by atoms with Crippen molar-refractivity contribution in [1.29, 1.82) is 0 Å². The van der Waals surface area contributed by atoms with Gasteiger partial charge in [-0.05, 0) is 37.5 Å². The first-order chi connectivity index (χ1) is 12.3. The van der Waals surface area contributed by atoms with Crippen molar-refractivity contribution in [3.05, 3.63) is 36.3 Å². The first kappa shape index (κ1) is 16.0. The van der Waals surface area contributed by atoms with Crippen molar-refractivity contribution in [2.45, 2.75) is 25.3 Å². The van der Waals surface area contributed by atoms with Crippen molar-refractivity contribution in [3.8, 4) is 0 Å². The quantitative estimate of drug-likeness (QED) is 0.835. The molecule has 1 aromatic heterocycles. The summed E-state index contributed by atoms with van der Waals surface area (Å²) in [4.78, 5) is 16.3. The van der Waals surface area contributed by atoms with Crippen LogP contribution in [0.4, 0.5) is 5.69 Å².